The fourth-order valence-electron chi connectivity index (χ4n) is 2.03. The highest BCUT2D eigenvalue weighted by molar-refractivity contribution is 7.99. The summed E-state index contributed by atoms with van der Waals surface area (Å²) in [6.45, 7) is 4.54. The molecule has 0 aliphatic rings. The summed E-state index contributed by atoms with van der Waals surface area (Å²) >= 11 is 1.35. The molecule has 21 heavy (non-hydrogen) atoms. The maximum atomic E-state index is 12.3. The Morgan fingerprint density at radius 3 is 2.62 bits per heavy atom. The fourth-order valence-corrected chi connectivity index (χ4v) is 2.74. The lowest BCUT2D eigenvalue weighted by Crippen LogP contribution is -2.39. The normalized spacial score (nSPS) is 11.0. The fraction of sp³-hybridized carbons (Fsp3) is 0.500. The van der Waals surface area contributed by atoms with Crippen LogP contribution < -0.4 is 5.32 Å². The molecule has 0 radical (unpaired) electrons. The molecule has 1 amide bonds. The van der Waals surface area contributed by atoms with Crippen LogP contribution in [0.25, 0.3) is 0 Å². The van der Waals surface area contributed by atoms with Gasteiger partial charge in [-0.1, -0.05) is 26.0 Å². The second-order valence-corrected chi connectivity index (χ2v) is 6.01. The molecule has 0 aromatic heterocycles. The Balaban J connectivity index is 2.78. The number of nitriles is 1. The minimum atomic E-state index is -0.260. The molecule has 0 spiro atoms. The standard InChI is InChI=1S/C16H22N2O2S/c1-3-16(4-2,12-19)11-18-15(20)13-7-5-6-8-14(13)21-10-9-17/h5-8,19H,3-4,10-12H2,1-2H3,(H,18,20). The number of carbonyl (C=O) groups excluding carboxylic acids is 1. The zero-order valence-electron chi connectivity index (χ0n) is 12.6. The van der Waals surface area contributed by atoms with E-state index >= 15 is 0 Å². The van der Waals surface area contributed by atoms with Gasteiger partial charge in [0.05, 0.1) is 24.0 Å². The maximum Gasteiger partial charge on any atom is 0.252 e. The van der Waals surface area contributed by atoms with Crippen LogP contribution in [0.15, 0.2) is 29.2 Å². The van der Waals surface area contributed by atoms with Crippen LogP contribution in [0, 0.1) is 16.7 Å². The number of nitrogens with one attached hydrogen (secondary N) is 1. The molecule has 0 unspecified atom stereocenters. The lowest BCUT2D eigenvalue weighted by Gasteiger charge is -2.29. The summed E-state index contributed by atoms with van der Waals surface area (Å²) in [6, 6.07) is 9.33. The summed E-state index contributed by atoms with van der Waals surface area (Å²) in [6.07, 6.45) is 1.62. The summed E-state index contributed by atoms with van der Waals surface area (Å²) in [4.78, 5) is 13.1. The van der Waals surface area contributed by atoms with Gasteiger partial charge in [-0.05, 0) is 25.0 Å². The number of hydrogen-bond donors (Lipinski definition) is 2. The second kappa shape index (κ2) is 8.71. The van der Waals surface area contributed by atoms with Gasteiger partial charge in [0, 0.05) is 16.9 Å². The lowest BCUT2D eigenvalue weighted by atomic mass is 9.83. The van der Waals surface area contributed by atoms with Gasteiger partial charge in [0.1, 0.15) is 0 Å². The van der Waals surface area contributed by atoms with Crippen LogP contribution in [-0.2, 0) is 0 Å². The summed E-state index contributed by atoms with van der Waals surface area (Å²) in [5.41, 5.74) is 0.321. The number of amides is 1. The van der Waals surface area contributed by atoms with E-state index in [1.165, 1.54) is 11.8 Å². The van der Waals surface area contributed by atoms with Crippen molar-refractivity contribution in [1.82, 2.24) is 5.32 Å². The summed E-state index contributed by atoms with van der Waals surface area (Å²) in [7, 11) is 0. The summed E-state index contributed by atoms with van der Waals surface area (Å²) in [5.74, 6) is 0.158. The number of rotatable bonds is 8. The lowest BCUT2D eigenvalue weighted by molar-refractivity contribution is 0.0848. The molecule has 0 aliphatic heterocycles. The second-order valence-electron chi connectivity index (χ2n) is 4.99. The average Bonchev–Trinajstić information content (AvgIpc) is 2.54. The van der Waals surface area contributed by atoms with Crippen molar-refractivity contribution in [3.05, 3.63) is 29.8 Å². The molecule has 1 aromatic carbocycles. The Labute approximate surface area is 130 Å². The van der Waals surface area contributed by atoms with E-state index < -0.39 is 0 Å². The van der Waals surface area contributed by atoms with Crippen LogP contribution in [0.3, 0.4) is 0 Å². The molecule has 4 nitrogen and oxygen atoms in total. The number of aliphatic hydroxyl groups is 1. The number of carbonyl (C=O) groups is 1. The van der Waals surface area contributed by atoms with Crippen LogP contribution in [0.5, 0.6) is 0 Å². The maximum absolute atomic E-state index is 12.3. The number of aliphatic hydroxyl groups excluding tert-OH is 1. The molecule has 114 valence electrons. The molecule has 0 aliphatic carbocycles. The summed E-state index contributed by atoms with van der Waals surface area (Å²) < 4.78 is 0. The zero-order chi connectivity index (χ0) is 15.7. The van der Waals surface area contributed by atoms with Crippen LogP contribution in [-0.4, -0.2) is 29.9 Å². The van der Waals surface area contributed by atoms with E-state index in [4.69, 9.17) is 5.26 Å². The Hall–Kier alpha value is -1.51. The molecule has 0 heterocycles. The SMILES string of the molecule is CCC(CC)(CO)CNC(=O)c1ccccc1SCC#N. The molecular formula is C16H22N2O2S. The largest absolute Gasteiger partial charge is 0.396 e. The molecule has 0 bridgehead atoms. The van der Waals surface area contributed by atoms with Crippen molar-refractivity contribution in [3.63, 3.8) is 0 Å². The first kappa shape index (κ1) is 17.5. The molecule has 0 atom stereocenters. The Morgan fingerprint density at radius 1 is 1.38 bits per heavy atom. The van der Waals surface area contributed by atoms with Crippen LogP contribution >= 0.6 is 11.8 Å². The minimum Gasteiger partial charge on any atom is -0.396 e. The molecule has 1 rings (SSSR count). The van der Waals surface area contributed by atoms with Crippen molar-refractivity contribution in [2.75, 3.05) is 18.9 Å². The van der Waals surface area contributed by atoms with Gasteiger partial charge in [-0.15, -0.1) is 11.8 Å². The smallest absolute Gasteiger partial charge is 0.252 e. The van der Waals surface area contributed by atoms with Crippen LogP contribution in [0.2, 0.25) is 0 Å². The first-order valence-electron chi connectivity index (χ1n) is 7.10. The third-order valence-electron chi connectivity index (χ3n) is 3.88. The number of thioether (sulfide) groups is 1. The average molecular weight is 306 g/mol. The van der Waals surface area contributed by atoms with Crippen molar-refractivity contribution >= 4 is 17.7 Å². The third kappa shape index (κ3) is 4.76. The quantitative estimate of drug-likeness (QED) is 0.724. The molecule has 0 saturated carbocycles. The van der Waals surface area contributed by atoms with Gasteiger partial charge in [-0.3, -0.25) is 4.79 Å². The number of hydrogen-bond acceptors (Lipinski definition) is 4. The van der Waals surface area contributed by atoms with Crippen molar-refractivity contribution in [2.24, 2.45) is 5.41 Å². The van der Waals surface area contributed by atoms with E-state index in [0.717, 1.165) is 17.7 Å². The molecule has 0 fully saturated rings. The van der Waals surface area contributed by atoms with Gasteiger partial charge < -0.3 is 10.4 Å². The van der Waals surface area contributed by atoms with Gasteiger partial charge >= 0.3 is 0 Å². The molecule has 1 aromatic rings. The topological polar surface area (TPSA) is 73.1 Å². The molecule has 2 N–H and O–H groups in total. The van der Waals surface area contributed by atoms with E-state index in [1.807, 2.05) is 32.0 Å². The number of benzene rings is 1. The minimum absolute atomic E-state index is 0.0606. The van der Waals surface area contributed by atoms with E-state index in [-0.39, 0.29) is 17.9 Å². The van der Waals surface area contributed by atoms with Gasteiger partial charge in [0.15, 0.2) is 0 Å². The Kier molecular flexibility index (Phi) is 7.27. The van der Waals surface area contributed by atoms with Gasteiger partial charge in [0.2, 0.25) is 0 Å². The van der Waals surface area contributed by atoms with Gasteiger partial charge in [0.25, 0.3) is 5.91 Å². The van der Waals surface area contributed by atoms with Crippen LogP contribution in [0.4, 0.5) is 0 Å². The van der Waals surface area contributed by atoms with Gasteiger partial charge in [-0.2, -0.15) is 5.26 Å². The predicted octanol–water partition coefficient (Wildman–Crippen LogP) is 2.83. The highest BCUT2D eigenvalue weighted by atomic mass is 32.2. The third-order valence-corrected chi connectivity index (χ3v) is 4.82. The first-order valence-corrected chi connectivity index (χ1v) is 8.09. The van der Waals surface area contributed by atoms with Crippen LogP contribution in [0.1, 0.15) is 37.0 Å². The molecule has 0 saturated heterocycles. The monoisotopic (exact) mass is 306 g/mol. The Bertz CT molecular complexity index is 499. The van der Waals surface area contributed by atoms with E-state index in [0.29, 0.717) is 17.9 Å². The highest BCUT2D eigenvalue weighted by Crippen LogP contribution is 2.25. The highest BCUT2D eigenvalue weighted by Gasteiger charge is 2.26. The zero-order valence-corrected chi connectivity index (χ0v) is 13.4. The first-order chi connectivity index (χ1) is 10.1. The van der Waals surface area contributed by atoms with Crippen molar-refractivity contribution in [3.8, 4) is 6.07 Å². The van der Waals surface area contributed by atoms with E-state index in [9.17, 15) is 9.90 Å². The van der Waals surface area contributed by atoms with E-state index in [2.05, 4.69) is 11.4 Å². The Morgan fingerprint density at radius 2 is 2.05 bits per heavy atom. The molecule has 5 heteroatoms. The van der Waals surface area contributed by atoms with Gasteiger partial charge in [-0.25, -0.2) is 0 Å². The van der Waals surface area contributed by atoms with Crippen molar-refractivity contribution in [1.29, 1.82) is 5.26 Å². The van der Waals surface area contributed by atoms with Crippen molar-refractivity contribution < 1.29 is 9.90 Å². The predicted molar refractivity (Wildman–Crippen MR) is 85.2 cm³/mol. The summed E-state index contributed by atoms with van der Waals surface area (Å²) in [5, 5.41) is 21.1. The molecular weight excluding hydrogens is 284 g/mol. The number of nitrogens with zero attached hydrogens (tertiary/aromatic N) is 1. The van der Waals surface area contributed by atoms with Crippen molar-refractivity contribution in [2.45, 2.75) is 31.6 Å². The van der Waals surface area contributed by atoms with E-state index in [1.54, 1.807) is 6.07 Å².